The average Bonchev–Trinajstić information content (AvgIpc) is 3.76. The second kappa shape index (κ2) is 16.0. The quantitative estimate of drug-likeness (QED) is 0.156. The summed E-state index contributed by atoms with van der Waals surface area (Å²) in [5.41, 5.74) is 11.0. The van der Waals surface area contributed by atoms with Crippen molar-refractivity contribution in [3.05, 3.63) is 153 Å². The van der Waals surface area contributed by atoms with E-state index >= 15 is 4.39 Å². The fraction of sp³-hybridized carbons (Fsp3) is 0.415. The van der Waals surface area contributed by atoms with Crippen molar-refractivity contribution >= 4 is 28.4 Å². The highest BCUT2D eigenvalue weighted by Crippen LogP contribution is 2.48. The molecule has 2 aromatic heterocycles. The van der Waals surface area contributed by atoms with Crippen LogP contribution in [0.5, 0.6) is 5.75 Å². The minimum atomic E-state index is -1.17. The number of rotatable bonds is 9. The van der Waals surface area contributed by atoms with Gasteiger partial charge in [-0.05, 0) is 155 Å². The van der Waals surface area contributed by atoms with Gasteiger partial charge in [0.15, 0.2) is 11.5 Å². The van der Waals surface area contributed by atoms with E-state index in [-0.39, 0.29) is 12.0 Å². The number of nitrogens with zero attached hydrogens (tertiary/aromatic N) is 7. The number of thiophene rings is 1. The van der Waals surface area contributed by atoms with Gasteiger partial charge in [0.25, 0.3) is 0 Å². The Labute approximate surface area is 375 Å². The van der Waals surface area contributed by atoms with Gasteiger partial charge in [-0.25, -0.2) is 4.39 Å². The van der Waals surface area contributed by atoms with Crippen molar-refractivity contribution in [2.45, 2.75) is 83.3 Å². The number of halogens is 1. The number of alkyl halides is 1. The number of aryl methyl sites for hydroxylation is 3. The number of hydrogen-bond acceptors (Lipinski definition) is 8. The van der Waals surface area contributed by atoms with Crippen LogP contribution in [0.3, 0.4) is 0 Å². The molecule has 0 spiro atoms. The van der Waals surface area contributed by atoms with E-state index in [2.05, 4.69) is 135 Å². The molecule has 1 N–H and O–H groups in total. The Morgan fingerprint density at radius 3 is 2.25 bits per heavy atom. The lowest BCUT2D eigenvalue weighted by molar-refractivity contribution is 0.0448. The first-order valence-corrected chi connectivity index (χ1v) is 24.0. The van der Waals surface area contributed by atoms with Crippen molar-refractivity contribution in [1.82, 2.24) is 19.7 Å². The molecule has 10 heteroatoms. The van der Waals surface area contributed by atoms with Crippen LogP contribution in [0.2, 0.25) is 0 Å². The first-order chi connectivity index (χ1) is 30.6. The monoisotopic (exact) mass is 859 g/mol. The lowest BCUT2D eigenvalue weighted by Crippen LogP contribution is -2.64. The van der Waals surface area contributed by atoms with Gasteiger partial charge < -0.3 is 14.9 Å². The molecule has 0 radical (unpaired) electrons. The number of aliphatic imine (C=N–C) groups is 1. The number of benzene rings is 4. The molecule has 0 unspecified atom stereocenters. The molecular weight excluding hydrogens is 802 g/mol. The molecule has 0 amide bonds. The lowest BCUT2D eigenvalue weighted by Gasteiger charge is -2.49. The third-order valence-corrected chi connectivity index (χ3v) is 16.3. The van der Waals surface area contributed by atoms with E-state index in [1.165, 1.54) is 57.6 Å². The summed E-state index contributed by atoms with van der Waals surface area (Å²) in [6, 6.07) is 34.7. The van der Waals surface area contributed by atoms with Gasteiger partial charge in [0, 0.05) is 52.9 Å². The maximum Gasteiger partial charge on any atom is 0.162 e. The van der Waals surface area contributed by atoms with Gasteiger partial charge in [0.2, 0.25) is 0 Å². The van der Waals surface area contributed by atoms with Crippen LogP contribution in [0.25, 0.3) is 5.00 Å². The van der Waals surface area contributed by atoms with Crippen molar-refractivity contribution in [3.63, 3.8) is 0 Å². The van der Waals surface area contributed by atoms with Gasteiger partial charge in [-0.3, -0.25) is 14.5 Å². The van der Waals surface area contributed by atoms with Crippen molar-refractivity contribution in [2.75, 3.05) is 55.6 Å². The van der Waals surface area contributed by atoms with Crippen LogP contribution < -0.4 is 9.80 Å². The summed E-state index contributed by atoms with van der Waals surface area (Å²) in [5.74, 6) is 4.24. The number of fused-ring (bicyclic) bond motifs is 4. The van der Waals surface area contributed by atoms with E-state index in [9.17, 15) is 5.11 Å². The van der Waals surface area contributed by atoms with Gasteiger partial charge in [-0.1, -0.05) is 60.7 Å². The van der Waals surface area contributed by atoms with Crippen LogP contribution in [0.15, 0.2) is 102 Å². The number of aromatic hydroxyl groups is 1. The number of phenols is 1. The van der Waals surface area contributed by atoms with E-state index in [1.54, 1.807) is 11.3 Å². The zero-order valence-electron chi connectivity index (χ0n) is 37.0. The highest BCUT2D eigenvalue weighted by Gasteiger charge is 2.45. The fourth-order valence-electron chi connectivity index (χ4n) is 11.6. The summed E-state index contributed by atoms with van der Waals surface area (Å²) in [6.45, 7) is 14.1. The van der Waals surface area contributed by atoms with Crippen LogP contribution in [0, 0.1) is 32.6 Å². The smallest absolute Gasteiger partial charge is 0.162 e. The highest BCUT2D eigenvalue weighted by atomic mass is 32.1. The van der Waals surface area contributed by atoms with Crippen LogP contribution in [-0.4, -0.2) is 82.0 Å². The van der Waals surface area contributed by atoms with Gasteiger partial charge in [-0.2, -0.15) is 0 Å². The van der Waals surface area contributed by atoms with Crippen LogP contribution in [0.4, 0.5) is 15.8 Å². The summed E-state index contributed by atoms with van der Waals surface area (Å²) >= 11 is 1.78. The fourth-order valence-corrected chi connectivity index (χ4v) is 12.8. The SMILES string of the molecule is Cc1sc2c(c1C)C(c1ccc(N3CC(F)(CN4CCC(CC5CN(c6ccc([C@@H]7c8ccc(O)cc8CC[C@@H]7c7ccccc7)cc6)C5)CC4)C3)cc1)=N[C@@H](C)c1nnc(C)n1-2. The Kier molecular flexibility index (Phi) is 10.3. The molecule has 324 valence electrons. The Hall–Kier alpha value is -5.32. The van der Waals surface area contributed by atoms with E-state index < -0.39 is 5.67 Å². The molecule has 3 atom stereocenters. The maximum absolute atomic E-state index is 16.2. The molecule has 4 aliphatic heterocycles. The molecule has 6 aromatic rings. The molecule has 0 saturated carbocycles. The van der Waals surface area contributed by atoms with Crippen molar-refractivity contribution in [3.8, 4) is 10.8 Å². The predicted octanol–water partition coefficient (Wildman–Crippen LogP) is 10.5. The molecule has 6 heterocycles. The zero-order valence-corrected chi connectivity index (χ0v) is 37.8. The second-order valence-corrected chi connectivity index (χ2v) is 20.5. The summed E-state index contributed by atoms with van der Waals surface area (Å²) in [5, 5.41) is 20.3. The lowest BCUT2D eigenvalue weighted by atomic mass is 9.69. The average molecular weight is 860 g/mol. The van der Waals surface area contributed by atoms with Gasteiger partial charge >= 0.3 is 0 Å². The normalized spacial score (nSPS) is 22.4. The van der Waals surface area contributed by atoms with E-state index in [0.29, 0.717) is 31.3 Å². The molecule has 0 bridgehead atoms. The zero-order chi connectivity index (χ0) is 43.0. The highest BCUT2D eigenvalue weighted by molar-refractivity contribution is 7.15. The van der Waals surface area contributed by atoms with Crippen LogP contribution >= 0.6 is 11.3 Å². The molecule has 3 fully saturated rings. The molecule has 5 aliphatic rings. The Morgan fingerprint density at radius 1 is 0.794 bits per heavy atom. The Bertz CT molecular complexity index is 2650. The summed E-state index contributed by atoms with van der Waals surface area (Å²) in [4.78, 5) is 13.6. The molecule has 3 saturated heterocycles. The molecule has 1 aliphatic carbocycles. The number of piperidine rings is 1. The largest absolute Gasteiger partial charge is 0.508 e. The van der Waals surface area contributed by atoms with Crippen LogP contribution in [-0.2, 0) is 6.42 Å². The van der Waals surface area contributed by atoms with Crippen molar-refractivity contribution in [1.29, 1.82) is 0 Å². The van der Waals surface area contributed by atoms with Crippen molar-refractivity contribution < 1.29 is 9.50 Å². The van der Waals surface area contributed by atoms with E-state index in [4.69, 9.17) is 4.99 Å². The van der Waals surface area contributed by atoms with Crippen LogP contribution in [0.1, 0.15) is 106 Å². The Balaban J connectivity index is 0.658. The van der Waals surface area contributed by atoms with E-state index in [0.717, 1.165) is 90.0 Å². The molecule has 11 rings (SSSR count). The van der Waals surface area contributed by atoms with E-state index in [1.807, 2.05) is 19.1 Å². The van der Waals surface area contributed by atoms with Gasteiger partial charge in [-0.15, -0.1) is 21.5 Å². The minimum Gasteiger partial charge on any atom is -0.508 e. The molecular formula is C53H58FN7OS. The number of aromatic nitrogens is 3. The van der Waals surface area contributed by atoms with Crippen molar-refractivity contribution in [2.24, 2.45) is 16.8 Å². The van der Waals surface area contributed by atoms with Gasteiger partial charge in [0.05, 0.1) is 18.8 Å². The topological polar surface area (TPSA) is 73.0 Å². The minimum absolute atomic E-state index is 0.120. The van der Waals surface area contributed by atoms with Gasteiger partial charge in [0.1, 0.15) is 22.6 Å². The molecule has 63 heavy (non-hydrogen) atoms. The molecule has 8 nitrogen and oxygen atoms in total. The number of likely N-dealkylation sites (tertiary alicyclic amines) is 1. The standard InChI is InChI=1S/C53H58FN7OS/c1-33-35(3)63-52-48(33)50(55-34(2)51-57-56-36(4)61(51)52)41-12-17-44(18-13-41)60-31-53(54,32-60)30-58-24-22-37(23-25-58)26-38-28-59(29-38)43-15-10-40(11-16-43)49-46(39-8-6-5-7-9-39)20-14-42-27-45(62)19-21-47(42)49/h5-13,15-19,21,27,34,37-38,46,49,62H,14,20,22-26,28-32H2,1-4H3/t34-,46+,49-/m0/s1. The number of phenolic OH excluding ortho intramolecular Hbond substituents is 1. The predicted molar refractivity (Wildman–Crippen MR) is 253 cm³/mol. The number of hydrogen-bond donors (Lipinski definition) is 1. The number of anilines is 2. The third-order valence-electron chi connectivity index (χ3n) is 15.1. The first-order valence-electron chi connectivity index (χ1n) is 23.2. The summed E-state index contributed by atoms with van der Waals surface area (Å²) in [7, 11) is 0. The summed E-state index contributed by atoms with van der Waals surface area (Å²) in [6.07, 6.45) is 5.67. The second-order valence-electron chi connectivity index (χ2n) is 19.3. The molecule has 4 aromatic carbocycles. The first kappa shape index (κ1) is 40.5. The Morgan fingerprint density at radius 2 is 1.51 bits per heavy atom. The maximum atomic E-state index is 16.2. The summed E-state index contributed by atoms with van der Waals surface area (Å²) < 4.78 is 18.4. The third kappa shape index (κ3) is 7.46.